The first kappa shape index (κ1) is 11.3. The normalized spacial score (nSPS) is 44.1. The van der Waals surface area contributed by atoms with Crippen LogP contribution >= 0.6 is 0 Å². The maximum atomic E-state index is 11.1. The summed E-state index contributed by atoms with van der Waals surface area (Å²) in [5, 5.41) is 3.78. The number of amides is 1. The van der Waals surface area contributed by atoms with Crippen LogP contribution in [0, 0.1) is 17.8 Å². The van der Waals surface area contributed by atoms with Crippen molar-refractivity contribution in [3.05, 3.63) is 12.2 Å². The molecule has 2 fully saturated rings. The van der Waals surface area contributed by atoms with Gasteiger partial charge in [-0.1, -0.05) is 12.2 Å². The van der Waals surface area contributed by atoms with Crippen LogP contribution in [0.1, 0.15) is 38.5 Å². The Hall–Kier alpha value is -0.830. The Morgan fingerprint density at radius 2 is 2.00 bits per heavy atom. The fourth-order valence-corrected chi connectivity index (χ4v) is 3.75. The lowest BCUT2D eigenvalue weighted by molar-refractivity contribution is -0.122. The summed E-state index contributed by atoms with van der Waals surface area (Å²) in [6, 6.07) is 1.32. The number of allylic oxidation sites excluding steroid dienone is 1. The van der Waals surface area contributed by atoms with Gasteiger partial charge in [-0.25, -0.2) is 0 Å². The number of carbonyl (C=O) groups is 1. The van der Waals surface area contributed by atoms with Crippen molar-refractivity contribution < 1.29 is 4.79 Å². The molecule has 0 aliphatic heterocycles. The zero-order valence-corrected chi connectivity index (χ0v) is 10.3. The van der Waals surface area contributed by atoms with Crippen LogP contribution in [0.25, 0.3) is 0 Å². The number of nitrogens with two attached hydrogens (primary N) is 1. The quantitative estimate of drug-likeness (QED) is 0.729. The zero-order valence-electron chi connectivity index (χ0n) is 10.3. The lowest BCUT2D eigenvalue weighted by Gasteiger charge is -2.43. The largest absolute Gasteiger partial charge is 0.369 e. The molecule has 3 nitrogen and oxygen atoms in total. The molecule has 0 aromatic rings. The van der Waals surface area contributed by atoms with Gasteiger partial charge in [0.15, 0.2) is 0 Å². The molecule has 3 atom stereocenters. The third kappa shape index (κ3) is 2.13. The van der Waals surface area contributed by atoms with Crippen LogP contribution in [0.3, 0.4) is 0 Å². The van der Waals surface area contributed by atoms with Crippen LogP contribution in [0.5, 0.6) is 0 Å². The van der Waals surface area contributed by atoms with Crippen molar-refractivity contribution >= 4 is 5.91 Å². The van der Waals surface area contributed by atoms with E-state index in [9.17, 15) is 4.79 Å². The molecule has 0 bridgehead atoms. The van der Waals surface area contributed by atoms with Gasteiger partial charge in [0.05, 0.1) is 0 Å². The Morgan fingerprint density at radius 3 is 2.65 bits per heavy atom. The van der Waals surface area contributed by atoms with Crippen molar-refractivity contribution in [3.63, 3.8) is 0 Å². The van der Waals surface area contributed by atoms with Crippen LogP contribution in [-0.4, -0.2) is 18.0 Å². The van der Waals surface area contributed by atoms with E-state index in [-0.39, 0.29) is 11.8 Å². The van der Waals surface area contributed by atoms with Gasteiger partial charge in [0, 0.05) is 18.0 Å². The average Bonchev–Trinajstić information content (AvgIpc) is 2.68. The lowest BCUT2D eigenvalue weighted by Crippen LogP contribution is -2.52. The predicted molar refractivity (Wildman–Crippen MR) is 67.2 cm³/mol. The van der Waals surface area contributed by atoms with E-state index in [1.54, 1.807) is 0 Å². The van der Waals surface area contributed by atoms with E-state index in [1.807, 2.05) is 0 Å². The highest BCUT2D eigenvalue weighted by Crippen LogP contribution is 2.43. The molecule has 0 saturated heterocycles. The molecule has 17 heavy (non-hydrogen) atoms. The maximum absolute atomic E-state index is 11.1. The summed E-state index contributed by atoms with van der Waals surface area (Å²) >= 11 is 0. The molecule has 3 aliphatic rings. The van der Waals surface area contributed by atoms with E-state index >= 15 is 0 Å². The van der Waals surface area contributed by atoms with Crippen molar-refractivity contribution in [1.82, 2.24) is 5.32 Å². The Labute approximate surface area is 103 Å². The minimum atomic E-state index is -0.106. The Bertz CT molecular complexity index is 331. The molecule has 3 heteroatoms. The molecule has 3 rings (SSSR count). The third-order valence-corrected chi connectivity index (χ3v) is 4.94. The molecule has 3 N–H and O–H groups in total. The highest BCUT2D eigenvalue weighted by atomic mass is 16.1. The van der Waals surface area contributed by atoms with Gasteiger partial charge in [0.25, 0.3) is 0 Å². The number of hydrogen-bond acceptors (Lipinski definition) is 2. The molecule has 2 saturated carbocycles. The number of hydrogen-bond donors (Lipinski definition) is 2. The molecule has 0 spiro atoms. The molecule has 0 radical (unpaired) electrons. The summed E-state index contributed by atoms with van der Waals surface area (Å²) in [5.41, 5.74) is 5.35. The molecule has 94 valence electrons. The van der Waals surface area contributed by atoms with Gasteiger partial charge in [-0.2, -0.15) is 0 Å². The van der Waals surface area contributed by atoms with Crippen LogP contribution in [-0.2, 0) is 4.79 Å². The highest BCUT2D eigenvalue weighted by molar-refractivity contribution is 5.76. The minimum absolute atomic E-state index is 0.106. The van der Waals surface area contributed by atoms with Gasteiger partial charge in [-0.15, -0.1) is 0 Å². The molecular weight excluding hydrogens is 212 g/mol. The number of carbonyl (C=O) groups excluding carboxylic acids is 1. The molecule has 3 unspecified atom stereocenters. The fourth-order valence-electron chi connectivity index (χ4n) is 3.75. The molecule has 0 heterocycles. The van der Waals surface area contributed by atoms with Gasteiger partial charge in [0.1, 0.15) is 0 Å². The summed E-state index contributed by atoms with van der Waals surface area (Å²) in [5.74, 6) is 1.75. The zero-order chi connectivity index (χ0) is 11.8. The molecule has 0 aromatic carbocycles. The minimum Gasteiger partial charge on any atom is -0.369 e. The van der Waals surface area contributed by atoms with Crippen molar-refractivity contribution in [3.8, 4) is 0 Å². The average molecular weight is 234 g/mol. The van der Waals surface area contributed by atoms with Crippen molar-refractivity contribution in [2.75, 3.05) is 0 Å². The molecule has 3 aliphatic carbocycles. The van der Waals surface area contributed by atoms with E-state index in [0.717, 1.165) is 37.5 Å². The van der Waals surface area contributed by atoms with Crippen molar-refractivity contribution in [1.29, 1.82) is 0 Å². The van der Waals surface area contributed by atoms with E-state index in [1.165, 1.54) is 12.8 Å². The maximum Gasteiger partial charge on any atom is 0.220 e. The fraction of sp³-hybridized carbons (Fsp3) is 0.786. The Kier molecular flexibility index (Phi) is 2.95. The van der Waals surface area contributed by atoms with Crippen LogP contribution in [0.2, 0.25) is 0 Å². The van der Waals surface area contributed by atoms with E-state index in [4.69, 9.17) is 5.73 Å². The number of rotatable bonds is 3. The summed E-state index contributed by atoms with van der Waals surface area (Å²) < 4.78 is 0. The topological polar surface area (TPSA) is 55.1 Å². The molecule has 0 aromatic heterocycles. The second-order valence-corrected chi connectivity index (χ2v) is 5.96. The smallest absolute Gasteiger partial charge is 0.220 e. The van der Waals surface area contributed by atoms with Crippen molar-refractivity contribution in [2.24, 2.45) is 23.5 Å². The van der Waals surface area contributed by atoms with Gasteiger partial charge in [-0.3, -0.25) is 4.79 Å². The predicted octanol–water partition coefficient (Wildman–Crippen LogP) is 1.58. The summed E-state index contributed by atoms with van der Waals surface area (Å²) in [4.78, 5) is 11.1. The lowest BCUT2D eigenvalue weighted by atomic mass is 9.70. The first-order chi connectivity index (χ1) is 8.24. The molecule has 1 amide bonds. The second kappa shape index (κ2) is 4.45. The van der Waals surface area contributed by atoms with Gasteiger partial charge >= 0.3 is 0 Å². The van der Waals surface area contributed by atoms with Crippen LogP contribution < -0.4 is 11.1 Å². The Balaban J connectivity index is 1.45. The van der Waals surface area contributed by atoms with Gasteiger partial charge < -0.3 is 11.1 Å². The summed E-state index contributed by atoms with van der Waals surface area (Å²) in [6.45, 7) is 0. The Morgan fingerprint density at radius 1 is 1.24 bits per heavy atom. The standard InChI is InChI=1S/C14H22N2O/c15-14(17)9-4-6-11(7-5-9)16-13-8-10-2-1-3-12(10)13/h1,3,9-13,16H,2,4-8H2,(H2,15,17). The van der Waals surface area contributed by atoms with Crippen molar-refractivity contribution in [2.45, 2.75) is 50.6 Å². The number of fused-ring (bicyclic) bond motifs is 1. The van der Waals surface area contributed by atoms with E-state index in [0.29, 0.717) is 12.1 Å². The number of nitrogens with one attached hydrogen (secondary N) is 1. The van der Waals surface area contributed by atoms with Crippen LogP contribution in [0.4, 0.5) is 0 Å². The summed E-state index contributed by atoms with van der Waals surface area (Å²) in [7, 11) is 0. The van der Waals surface area contributed by atoms with E-state index < -0.39 is 0 Å². The first-order valence-electron chi connectivity index (χ1n) is 6.96. The SMILES string of the molecule is NC(=O)C1CCC(NC2CC3CC=CC32)CC1. The van der Waals surface area contributed by atoms with E-state index in [2.05, 4.69) is 17.5 Å². The van der Waals surface area contributed by atoms with Gasteiger partial charge in [0.2, 0.25) is 5.91 Å². The second-order valence-electron chi connectivity index (χ2n) is 5.96. The highest BCUT2D eigenvalue weighted by Gasteiger charge is 2.41. The number of primary amides is 1. The third-order valence-electron chi connectivity index (χ3n) is 4.94. The molecular formula is C14H22N2O. The monoisotopic (exact) mass is 234 g/mol. The summed E-state index contributed by atoms with van der Waals surface area (Å²) in [6.07, 6.45) is 11.5. The van der Waals surface area contributed by atoms with Crippen LogP contribution in [0.15, 0.2) is 12.2 Å². The van der Waals surface area contributed by atoms with Gasteiger partial charge in [-0.05, 0) is 50.4 Å². The first-order valence-corrected chi connectivity index (χ1v) is 6.96.